The van der Waals surface area contributed by atoms with Crippen molar-refractivity contribution in [3.63, 3.8) is 0 Å². The van der Waals surface area contributed by atoms with E-state index in [0.29, 0.717) is 22.7 Å². The summed E-state index contributed by atoms with van der Waals surface area (Å²) < 4.78 is 6.41. The summed E-state index contributed by atoms with van der Waals surface area (Å²) in [7, 11) is 0. The monoisotopic (exact) mass is 326 g/mol. The van der Waals surface area contributed by atoms with Gasteiger partial charge in [-0.15, -0.1) is 0 Å². The van der Waals surface area contributed by atoms with Gasteiger partial charge in [0, 0.05) is 0 Å². The third-order valence-corrected chi connectivity index (χ3v) is 4.13. The highest BCUT2D eigenvalue weighted by molar-refractivity contribution is 7.22. The molecule has 0 radical (unpaired) electrons. The number of fused-ring (bicyclic) bond motifs is 1. The number of carbonyl (C=O) groups excluding carboxylic acids is 2. The molecule has 1 aromatic heterocycles. The zero-order valence-corrected chi connectivity index (χ0v) is 13.2. The van der Waals surface area contributed by atoms with Crippen molar-refractivity contribution in [1.29, 1.82) is 0 Å². The molecule has 0 aliphatic carbocycles. The lowest BCUT2D eigenvalue weighted by Crippen LogP contribution is -2.20. The van der Waals surface area contributed by atoms with E-state index in [9.17, 15) is 9.59 Å². The van der Waals surface area contributed by atoms with Crippen molar-refractivity contribution in [2.24, 2.45) is 0 Å². The minimum atomic E-state index is -0.318. The molecular formula is C17H14N2O3S. The topological polar surface area (TPSA) is 68.3 Å². The number of ether oxygens (including phenoxy) is 1. The summed E-state index contributed by atoms with van der Waals surface area (Å²) >= 11 is 1.41. The molecule has 2 aromatic carbocycles. The first-order valence-electron chi connectivity index (χ1n) is 7.00. The number of amides is 1. The summed E-state index contributed by atoms with van der Waals surface area (Å²) in [6.45, 7) is 1.83. The molecule has 23 heavy (non-hydrogen) atoms. The van der Waals surface area contributed by atoms with Crippen LogP contribution in [0.2, 0.25) is 0 Å². The Morgan fingerprint density at radius 1 is 1.30 bits per heavy atom. The van der Waals surface area contributed by atoms with Gasteiger partial charge in [0.15, 0.2) is 18.0 Å². The Hall–Kier alpha value is -2.73. The van der Waals surface area contributed by atoms with Crippen molar-refractivity contribution in [2.75, 3.05) is 11.9 Å². The molecule has 5 nitrogen and oxygen atoms in total. The zero-order valence-electron chi connectivity index (χ0n) is 12.4. The maximum atomic E-state index is 12.0. The molecule has 3 rings (SSSR count). The van der Waals surface area contributed by atoms with Gasteiger partial charge in [-0.2, -0.15) is 0 Å². The SMILES string of the molecule is Cc1ccc2nc(NC(=O)COc3ccccc3C=O)sc2c1. The van der Waals surface area contributed by atoms with Gasteiger partial charge in [0.2, 0.25) is 0 Å². The van der Waals surface area contributed by atoms with Gasteiger partial charge in [0.1, 0.15) is 5.75 Å². The van der Waals surface area contributed by atoms with E-state index in [-0.39, 0.29) is 12.5 Å². The maximum Gasteiger partial charge on any atom is 0.264 e. The molecule has 0 aliphatic heterocycles. The largest absolute Gasteiger partial charge is 0.483 e. The van der Waals surface area contributed by atoms with Gasteiger partial charge in [-0.05, 0) is 36.8 Å². The van der Waals surface area contributed by atoms with Crippen LogP contribution < -0.4 is 10.1 Å². The molecule has 0 aliphatic rings. The number of aromatic nitrogens is 1. The molecular weight excluding hydrogens is 312 g/mol. The molecule has 0 saturated carbocycles. The predicted octanol–water partition coefficient (Wildman–Crippen LogP) is 3.43. The van der Waals surface area contributed by atoms with Gasteiger partial charge in [-0.3, -0.25) is 14.9 Å². The molecule has 0 spiro atoms. The standard InChI is InChI=1S/C17H14N2O3S/c1-11-6-7-13-15(8-11)23-17(18-13)19-16(21)10-22-14-5-3-2-4-12(14)9-20/h2-9H,10H2,1H3,(H,18,19,21). The van der Waals surface area contributed by atoms with E-state index in [2.05, 4.69) is 10.3 Å². The number of aryl methyl sites for hydroxylation is 1. The summed E-state index contributed by atoms with van der Waals surface area (Å²) in [5, 5.41) is 3.24. The number of rotatable bonds is 5. The summed E-state index contributed by atoms with van der Waals surface area (Å²) in [6, 6.07) is 12.7. The van der Waals surface area contributed by atoms with Gasteiger partial charge < -0.3 is 4.74 Å². The number of thiazole rings is 1. The quantitative estimate of drug-likeness (QED) is 0.729. The first-order valence-corrected chi connectivity index (χ1v) is 7.81. The van der Waals surface area contributed by atoms with Gasteiger partial charge in [-0.25, -0.2) is 4.98 Å². The van der Waals surface area contributed by atoms with E-state index in [0.717, 1.165) is 15.8 Å². The van der Waals surface area contributed by atoms with Crippen molar-refractivity contribution >= 4 is 38.9 Å². The zero-order chi connectivity index (χ0) is 16.2. The molecule has 1 N–H and O–H groups in total. The minimum Gasteiger partial charge on any atom is -0.483 e. The summed E-state index contributed by atoms with van der Waals surface area (Å²) in [5.74, 6) is 0.0686. The van der Waals surface area contributed by atoms with Crippen LogP contribution in [0, 0.1) is 6.92 Å². The number of hydrogen-bond donors (Lipinski definition) is 1. The number of aldehydes is 1. The van der Waals surface area contributed by atoms with Crippen molar-refractivity contribution in [1.82, 2.24) is 4.98 Å². The van der Waals surface area contributed by atoms with Crippen LogP contribution in [0.3, 0.4) is 0 Å². The average molecular weight is 326 g/mol. The number of anilines is 1. The van der Waals surface area contributed by atoms with Crippen LogP contribution >= 0.6 is 11.3 Å². The number of hydrogen-bond acceptors (Lipinski definition) is 5. The molecule has 0 unspecified atom stereocenters. The fourth-order valence-corrected chi connectivity index (χ4v) is 3.07. The third kappa shape index (κ3) is 3.54. The Balaban J connectivity index is 1.65. The van der Waals surface area contributed by atoms with Crippen LogP contribution in [-0.2, 0) is 4.79 Å². The van der Waals surface area contributed by atoms with E-state index >= 15 is 0 Å². The lowest BCUT2D eigenvalue weighted by atomic mass is 10.2. The Labute approximate surface area is 136 Å². The molecule has 1 amide bonds. The van der Waals surface area contributed by atoms with Crippen LogP contribution in [0.25, 0.3) is 10.2 Å². The van der Waals surface area contributed by atoms with Crippen molar-refractivity contribution in [3.05, 3.63) is 53.6 Å². The predicted molar refractivity (Wildman–Crippen MR) is 90.3 cm³/mol. The van der Waals surface area contributed by atoms with Crippen LogP contribution in [-0.4, -0.2) is 23.8 Å². The first kappa shape index (κ1) is 15.2. The number of carbonyl (C=O) groups is 2. The van der Waals surface area contributed by atoms with E-state index in [1.165, 1.54) is 11.3 Å². The van der Waals surface area contributed by atoms with E-state index < -0.39 is 0 Å². The smallest absolute Gasteiger partial charge is 0.264 e. The number of nitrogens with zero attached hydrogens (tertiary/aromatic N) is 1. The molecule has 1 heterocycles. The van der Waals surface area contributed by atoms with Gasteiger partial charge in [-0.1, -0.05) is 29.5 Å². The second kappa shape index (κ2) is 6.58. The maximum absolute atomic E-state index is 12.0. The number of benzene rings is 2. The minimum absolute atomic E-state index is 0.181. The molecule has 116 valence electrons. The van der Waals surface area contributed by atoms with Crippen molar-refractivity contribution in [2.45, 2.75) is 6.92 Å². The van der Waals surface area contributed by atoms with Crippen LogP contribution in [0.1, 0.15) is 15.9 Å². The molecule has 0 atom stereocenters. The Kier molecular flexibility index (Phi) is 4.34. The van der Waals surface area contributed by atoms with E-state index in [4.69, 9.17) is 4.74 Å². The van der Waals surface area contributed by atoms with Crippen molar-refractivity contribution < 1.29 is 14.3 Å². The fourth-order valence-electron chi connectivity index (χ4n) is 2.09. The van der Waals surface area contributed by atoms with E-state index in [1.807, 2.05) is 25.1 Å². The number of para-hydroxylation sites is 1. The highest BCUT2D eigenvalue weighted by Crippen LogP contribution is 2.26. The fraction of sp³-hybridized carbons (Fsp3) is 0.118. The average Bonchev–Trinajstić information content (AvgIpc) is 2.94. The lowest BCUT2D eigenvalue weighted by molar-refractivity contribution is -0.118. The van der Waals surface area contributed by atoms with Crippen LogP contribution in [0.5, 0.6) is 5.75 Å². The van der Waals surface area contributed by atoms with Crippen molar-refractivity contribution in [3.8, 4) is 5.75 Å². The number of nitrogens with one attached hydrogen (secondary N) is 1. The van der Waals surface area contributed by atoms with Crippen LogP contribution in [0.4, 0.5) is 5.13 Å². The molecule has 0 bridgehead atoms. The molecule has 0 fully saturated rings. The normalized spacial score (nSPS) is 10.5. The Bertz CT molecular complexity index is 873. The van der Waals surface area contributed by atoms with E-state index in [1.54, 1.807) is 24.3 Å². The second-order valence-corrected chi connectivity index (χ2v) is 6.01. The summed E-state index contributed by atoms with van der Waals surface area (Å²) in [5.41, 5.74) is 2.41. The Morgan fingerprint density at radius 2 is 2.13 bits per heavy atom. The highest BCUT2D eigenvalue weighted by atomic mass is 32.1. The Morgan fingerprint density at radius 3 is 2.96 bits per heavy atom. The summed E-state index contributed by atoms with van der Waals surface area (Å²) in [6.07, 6.45) is 0.698. The molecule has 0 saturated heterocycles. The lowest BCUT2D eigenvalue weighted by Gasteiger charge is -2.07. The first-order chi connectivity index (χ1) is 11.2. The molecule has 6 heteroatoms. The van der Waals surface area contributed by atoms with Gasteiger partial charge in [0.05, 0.1) is 15.8 Å². The second-order valence-electron chi connectivity index (χ2n) is 4.98. The van der Waals surface area contributed by atoms with Crippen LogP contribution in [0.15, 0.2) is 42.5 Å². The highest BCUT2D eigenvalue weighted by Gasteiger charge is 2.10. The van der Waals surface area contributed by atoms with Gasteiger partial charge >= 0.3 is 0 Å². The third-order valence-electron chi connectivity index (χ3n) is 3.20. The molecule has 3 aromatic rings. The van der Waals surface area contributed by atoms with Gasteiger partial charge in [0.25, 0.3) is 5.91 Å². The summed E-state index contributed by atoms with van der Waals surface area (Å²) in [4.78, 5) is 27.2.